The highest BCUT2D eigenvalue weighted by molar-refractivity contribution is 6.27. The van der Waals surface area contributed by atoms with Crippen molar-refractivity contribution in [2.45, 2.75) is 39.2 Å². The molecule has 2 N–H and O–H groups in total. The van der Waals surface area contributed by atoms with Gasteiger partial charge in [0.2, 0.25) is 0 Å². The summed E-state index contributed by atoms with van der Waals surface area (Å²) in [6, 6.07) is 8.09. The van der Waals surface area contributed by atoms with Gasteiger partial charge in [0, 0.05) is 37.8 Å². The average molecular weight is 421 g/mol. The molecule has 0 aromatic heterocycles. The molecule has 0 radical (unpaired) electrons. The first kappa shape index (κ1) is 23.7. The zero-order valence-electron chi connectivity index (χ0n) is 17.9. The van der Waals surface area contributed by atoms with Crippen LogP contribution in [0.2, 0.25) is 0 Å². The van der Waals surface area contributed by atoms with Crippen LogP contribution in [0, 0.1) is 11.8 Å². The Bertz CT molecular complexity index is 706. The van der Waals surface area contributed by atoms with Crippen molar-refractivity contribution in [3.8, 4) is 5.75 Å². The number of carboxylic acid groups (broad SMARTS) is 2. The lowest BCUT2D eigenvalue weighted by Gasteiger charge is -2.43. The van der Waals surface area contributed by atoms with E-state index in [2.05, 4.69) is 18.7 Å². The third kappa shape index (κ3) is 6.73. The van der Waals surface area contributed by atoms with Crippen LogP contribution in [0.1, 0.15) is 43.5 Å². The molecule has 2 heterocycles. The summed E-state index contributed by atoms with van der Waals surface area (Å²) in [5, 5.41) is 14.8. The van der Waals surface area contributed by atoms with Gasteiger partial charge in [-0.05, 0) is 55.4 Å². The standard InChI is InChI=1S/C20H30N2O2.C2H2O4/c1-15-12-16(2)14-22(13-15)18-8-10-21(11-9-18)20(23)17-4-6-19(24-3)7-5-17;3-1(4)2(5)6/h4-7,15-16,18H,8-14H2,1-3H3;(H,3,4)(H,5,6). The van der Waals surface area contributed by atoms with Crippen LogP contribution in [0.15, 0.2) is 24.3 Å². The Morgan fingerprint density at radius 1 is 0.933 bits per heavy atom. The molecular weight excluding hydrogens is 388 g/mol. The number of carbonyl (C=O) groups is 3. The number of carbonyl (C=O) groups excluding carboxylic acids is 1. The van der Waals surface area contributed by atoms with Gasteiger partial charge in [0.05, 0.1) is 7.11 Å². The second kappa shape index (κ2) is 11.0. The van der Waals surface area contributed by atoms with Crippen LogP contribution >= 0.6 is 0 Å². The van der Waals surface area contributed by atoms with Crippen LogP contribution in [-0.4, -0.2) is 77.2 Å². The molecule has 2 unspecified atom stereocenters. The van der Waals surface area contributed by atoms with Crippen LogP contribution in [0.4, 0.5) is 0 Å². The van der Waals surface area contributed by atoms with E-state index in [1.165, 1.54) is 19.5 Å². The monoisotopic (exact) mass is 420 g/mol. The Morgan fingerprint density at radius 2 is 1.43 bits per heavy atom. The molecule has 1 aromatic rings. The molecule has 3 rings (SSSR count). The smallest absolute Gasteiger partial charge is 0.414 e. The third-order valence-electron chi connectivity index (χ3n) is 5.69. The molecule has 2 aliphatic rings. The highest BCUT2D eigenvalue weighted by Crippen LogP contribution is 2.27. The van der Waals surface area contributed by atoms with Gasteiger partial charge < -0.3 is 19.8 Å². The number of aliphatic carboxylic acids is 2. The van der Waals surface area contributed by atoms with Gasteiger partial charge in [-0.2, -0.15) is 0 Å². The fourth-order valence-corrected chi connectivity index (χ4v) is 4.36. The van der Waals surface area contributed by atoms with Gasteiger partial charge in [0.25, 0.3) is 5.91 Å². The van der Waals surface area contributed by atoms with Crippen LogP contribution < -0.4 is 4.74 Å². The van der Waals surface area contributed by atoms with E-state index >= 15 is 0 Å². The molecular formula is C22H32N2O6. The van der Waals surface area contributed by atoms with Crippen LogP contribution in [0.3, 0.4) is 0 Å². The third-order valence-corrected chi connectivity index (χ3v) is 5.69. The van der Waals surface area contributed by atoms with E-state index in [-0.39, 0.29) is 5.91 Å². The molecule has 2 saturated heterocycles. The highest BCUT2D eigenvalue weighted by atomic mass is 16.5. The Kier molecular flexibility index (Phi) is 8.65. The summed E-state index contributed by atoms with van der Waals surface area (Å²) in [5.74, 6) is -1.11. The summed E-state index contributed by atoms with van der Waals surface area (Å²) in [4.78, 5) is 35.5. The maximum absolute atomic E-state index is 12.7. The number of methoxy groups -OCH3 is 1. The van der Waals surface area contributed by atoms with Crippen molar-refractivity contribution < 1.29 is 29.3 Å². The normalized spacial score (nSPS) is 22.6. The predicted octanol–water partition coefficient (Wildman–Crippen LogP) is 2.43. The molecule has 30 heavy (non-hydrogen) atoms. The van der Waals surface area contributed by atoms with Crippen molar-refractivity contribution >= 4 is 17.8 Å². The largest absolute Gasteiger partial charge is 0.497 e. The number of hydrogen-bond acceptors (Lipinski definition) is 5. The zero-order valence-corrected chi connectivity index (χ0v) is 17.9. The van der Waals surface area contributed by atoms with E-state index in [0.29, 0.717) is 6.04 Å². The molecule has 2 atom stereocenters. The van der Waals surface area contributed by atoms with Crippen molar-refractivity contribution in [2.75, 3.05) is 33.3 Å². The first-order valence-electron chi connectivity index (χ1n) is 10.3. The molecule has 0 aliphatic carbocycles. The predicted molar refractivity (Wildman–Crippen MR) is 112 cm³/mol. The van der Waals surface area contributed by atoms with Gasteiger partial charge in [-0.25, -0.2) is 9.59 Å². The molecule has 0 bridgehead atoms. The molecule has 0 saturated carbocycles. The zero-order chi connectivity index (χ0) is 22.3. The van der Waals surface area contributed by atoms with Gasteiger partial charge >= 0.3 is 11.9 Å². The molecule has 1 amide bonds. The Balaban J connectivity index is 0.000000469. The second-order valence-electron chi connectivity index (χ2n) is 8.26. The van der Waals surface area contributed by atoms with Crippen molar-refractivity contribution in [1.29, 1.82) is 0 Å². The van der Waals surface area contributed by atoms with Gasteiger partial charge in [-0.3, -0.25) is 9.69 Å². The number of rotatable bonds is 3. The Hall–Kier alpha value is -2.61. The van der Waals surface area contributed by atoms with Gasteiger partial charge in [-0.1, -0.05) is 13.8 Å². The second-order valence-corrected chi connectivity index (χ2v) is 8.26. The number of piperidine rings is 2. The molecule has 2 aliphatic heterocycles. The van der Waals surface area contributed by atoms with Gasteiger partial charge in [-0.15, -0.1) is 0 Å². The topological polar surface area (TPSA) is 107 Å². The Morgan fingerprint density at radius 3 is 1.87 bits per heavy atom. The van der Waals surface area contributed by atoms with Crippen LogP contribution in [0.25, 0.3) is 0 Å². The molecule has 166 valence electrons. The molecule has 8 nitrogen and oxygen atoms in total. The molecule has 1 aromatic carbocycles. The minimum Gasteiger partial charge on any atom is -0.497 e. The maximum atomic E-state index is 12.7. The van der Waals surface area contributed by atoms with E-state index in [9.17, 15) is 4.79 Å². The number of hydrogen-bond donors (Lipinski definition) is 2. The lowest BCUT2D eigenvalue weighted by Crippen LogP contribution is -2.50. The minimum absolute atomic E-state index is 0.150. The maximum Gasteiger partial charge on any atom is 0.414 e. The van der Waals surface area contributed by atoms with E-state index in [0.717, 1.165) is 49.1 Å². The van der Waals surface area contributed by atoms with Crippen molar-refractivity contribution in [1.82, 2.24) is 9.80 Å². The van der Waals surface area contributed by atoms with Crippen molar-refractivity contribution in [3.63, 3.8) is 0 Å². The van der Waals surface area contributed by atoms with Gasteiger partial charge in [0.1, 0.15) is 5.75 Å². The lowest BCUT2D eigenvalue weighted by molar-refractivity contribution is -0.159. The number of nitrogens with zero attached hydrogens (tertiary/aromatic N) is 2. The fraction of sp³-hybridized carbons (Fsp3) is 0.591. The van der Waals surface area contributed by atoms with E-state index in [1.54, 1.807) is 7.11 Å². The van der Waals surface area contributed by atoms with Crippen molar-refractivity contribution in [3.05, 3.63) is 29.8 Å². The lowest BCUT2D eigenvalue weighted by atomic mass is 9.89. The number of likely N-dealkylation sites (tertiary alicyclic amines) is 2. The summed E-state index contributed by atoms with van der Waals surface area (Å²) >= 11 is 0. The molecule has 8 heteroatoms. The minimum atomic E-state index is -1.82. The number of ether oxygens (including phenoxy) is 1. The van der Waals surface area contributed by atoms with Crippen LogP contribution in [-0.2, 0) is 9.59 Å². The molecule has 0 spiro atoms. The number of carboxylic acids is 2. The van der Waals surface area contributed by atoms with E-state index in [4.69, 9.17) is 24.5 Å². The SMILES string of the molecule is COc1ccc(C(=O)N2CCC(N3CC(C)CC(C)C3)CC2)cc1.O=C(O)C(=O)O. The first-order valence-corrected chi connectivity index (χ1v) is 10.3. The Labute approximate surface area is 177 Å². The highest BCUT2D eigenvalue weighted by Gasteiger charge is 2.31. The summed E-state index contributed by atoms with van der Waals surface area (Å²) in [6.07, 6.45) is 3.55. The summed E-state index contributed by atoms with van der Waals surface area (Å²) in [7, 11) is 1.64. The fourth-order valence-electron chi connectivity index (χ4n) is 4.36. The van der Waals surface area contributed by atoms with E-state index < -0.39 is 11.9 Å². The average Bonchev–Trinajstić information content (AvgIpc) is 2.73. The van der Waals surface area contributed by atoms with E-state index in [1.807, 2.05) is 29.2 Å². The summed E-state index contributed by atoms with van der Waals surface area (Å²) in [6.45, 7) is 8.92. The summed E-state index contributed by atoms with van der Waals surface area (Å²) < 4.78 is 5.16. The quantitative estimate of drug-likeness (QED) is 0.723. The van der Waals surface area contributed by atoms with Crippen molar-refractivity contribution in [2.24, 2.45) is 11.8 Å². The number of benzene rings is 1. The van der Waals surface area contributed by atoms with Gasteiger partial charge in [0.15, 0.2) is 0 Å². The van der Waals surface area contributed by atoms with Crippen LogP contribution in [0.5, 0.6) is 5.75 Å². The first-order chi connectivity index (χ1) is 14.2. The molecule has 2 fully saturated rings. The summed E-state index contributed by atoms with van der Waals surface area (Å²) in [5.41, 5.74) is 0.759. The number of amides is 1.